The van der Waals surface area contributed by atoms with Crippen molar-refractivity contribution in [1.29, 1.82) is 0 Å². The molecule has 4 rings (SSSR count). The maximum absolute atomic E-state index is 12.7. The van der Waals surface area contributed by atoms with Crippen LogP contribution in [0.4, 0.5) is 0 Å². The Morgan fingerprint density at radius 1 is 0.900 bits per heavy atom. The van der Waals surface area contributed by atoms with Crippen LogP contribution in [0.1, 0.15) is 41.0 Å². The lowest BCUT2D eigenvalue weighted by molar-refractivity contribution is -0.131. The zero-order valence-electron chi connectivity index (χ0n) is 17.8. The van der Waals surface area contributed by atoms with Gasteiger partial charge in [0.25, 0.3) is 0 Å². The molecule has 3 aromatic carbocycles. The average Bonchev–Trinajstić information content (AvgIpc) is 2.77. The Bertz CT molecular complexity index is 1010. The summed E-state index contributed by atoms with van der Waals surface area (Å²) < 4.78 is 0. The van der Waals surface area contributed by atoms with E-state index in [4.69, 9.17) is 0 Å². The first-order valence-electron chi connectivity index (χ1n) is 10.8. The van der Waals surface area contributed by atoms with Crippen molar-refractivity contribution >= 4 is 17.7 Å². The van der Waals surface area contributed by atoms with E-state index in [1.807, 2.05) is 47.0 Å². The normalized spacial score (nSPS) is 14.7. The maximum Gasteiger partial charge on any atom is 0.226 e. The predicted octanol–water partition coefficient (Wildman–Crippen LogP) is 6.40. The molecule has 3 heteroatoms. The van der Waals surface area contributed by atoms with Crippen molar-refractivity contribution in [3.8, 4) is 0 Å². The van der Waals surface area contributed by atoms with Crippen LogP contribution in [-0.2, 0) is 11.2 Å². The molecule has 0 atom stereocenters. The lowest BCUT2D eigenvalue weighted by Crippen LogP contribution is -2.38. The standard InChI is InChI=1S/C27H29NOS/c1-20-12-13-25(21(2)18-20)30-26-11-7-6-10-24(26)23-14-16-28(17-15-23)27(29)19-22-8-4-3-5-9-22/h3-13,18,23H,14-17,19H2,1-2H3. The van der Waals surface area contributed by atoms with Gasteiger partial charge in [-0.15, -0.1) is 0 Å². The van der Waals surface area contributed by atoms with Crippen molar-refractivity contribution in [3.05, 3.63) is 95.1 Å². The molecule has 0 N–H and O–H groups in total. The number of benzene rings is 3. The van der Waals surface area contributed by atoms with E-state index < -0.39 is 0 Å². The second kappa shape index (κ2) is 9.53. The molecule has 1 heterocycles. The maximum atomic E-state index is 12.7. The number of rotatable bonds is 5. The van der Waals surface area contributed by atoms with Gasteiger partial charge in [0, 0.05) is 22.9 Å². The molecule has 1 aliphatic rings. The Labute approximate surface area is 184 Å². The van der Waals surface area contributed by atoms with Crippen LogP contribution in [0.3, 0.4) is 0 Å². The van der Waals surface area contributed by atoms with Gasteiger partial charge in [-0.25, -0.2) is 0 Å². The van der Waals surface area contributed by atoms with Crippen LogP contribution in [0, 0.1) is 13.8 Å². The summed E-state index contributed by atoms with van der Waals surface area (Å²) in [5.74, 6) is 0.762. The Kier molecular flexibility index (Phi) is 6.59. The number of hydrogen-bond donors (Lipinski definition) is 0. The number of carbonyl (C=O) groups excluding carboxylic acids is 1. The van der Waals surface area contributed by atoms with Crippen LogP contribution in [-0.4, -0.2) is 23.9 Å². The molecule has 0 unspecified atom stereocenters. The SMILES string of the molecule is Cc1ccc(Sc2ccccc2C2CCN(C(=O)Cc3ccccc3)CC2)c(C)c1. The van der Waals surface area contributed by atoms with E-state index in [0.717, 1.165) is 31.5 Å². The second-order valence-corrected chi connectivity index (χ2v) is 9.31. The van der Waals surface area contributed by atoms with Crippen molar-refractivity contribution in [3.63, 3.8) is 0 Å². The van der Waals surface area contributed by atoms with Crippen molar-refractivity contribution < 1.29 is 4.79 Å². The van der Waals surface area contributed by atoms with E-state index in [-0.39, 0.29) is 5.91 Å². The Morgan fingerprint density at radius 3 is 2.33 bits per heavy atom. The van der Waals surface area contributed by atoms with E-state index in [9.17, 15) is 4.79 Å². The molecule has 30 heavy (non-hydrogen) atoms. The number of likely N-dealkylation sites (tertiary alicyclic amines) is 1. The molecule has 3 aromatic rings. The molecular weight excluding hydrogens is 386 g/mol. The molecule has 1 saturated heterocycles. The first-order chi connectivity index (χ1) is 14.6. The van der Waals surface area contributed by atoms with Crippen molar-refractivity contribution in [2.45, 2.75) is 48.8 Å². The molecule has 0 spiro atoms. The highest BCUT2D eigenvalue weighted by molar-refractivity contribution is 7.99. The van der Waals surface area contributed by atoms with Gasteiger partial charge in [0.15, 0.2) is 0 Å². The number of amides is 1. The fraction of sp³-hybridized carbons (Fsp3) is 0.296. The van der Waals surface area contributed by atoms with Crippen molar-refractivity contribution in [2.24, 2.45) is 0 Å². The van der Waals surface area contributed by atoms with E-state index in [2.05, 4.69) is 56.3 Å². The van der Waals surface area contributed by atoms with Crippen LogP contribution in [0.15, 0.2) is 82.6 Å². The third kappa shape index (κ3) is 4.96. The Balaban J connectivity index is 1.42. The van der Waals surface area contributed by atoms with E-state index >= 15 is 0 Å². The van der Waals surface area contributed by atoms with Gasteiger partial charge in [-0.2, -0.15) is 0 Å². The lowest BCUT2D eigenvalue weighted by Gasteiger charge is -2.33. The summed E-state index contributed by atoms with van der Waals surface area (Å²) in [5, 5.41) is 0. The van der Waals surface area contributed by atoms with Gasteiger partial charge in [-0.05, 0) is 61.4 Å². The minimum Gasteiger partial charge on any atom is -0.342 e. The number of aryl methyl sites for hydroxylation is 2. The zero-order chi connectivity index (χ0) is 20.9. The smallest absolute Gasteiger partial charge is 0.226 e. The first-order valence-corrected chi connectivity index (χ1v) is 11.6. The van der Waals surface area contributed by atoms with Crippen LogP contribution >= 0.6 is 11.8 Å². The summed E-state index contributed by atoms with van der Waals surface area (Å²) in [6, 6.07) is 25.5. The minimum absolute atomic E-state index is 0.248. The van der Waals surface area contributed by atoms with Gasteiger partial charge in [-0.3, -0.25) is 4.79 Å². The van der Waals surface area contributed by atoms with Gasteiger partial charge < -0.3 is 4.90 Å². The summed E-state index contributed by atoms with van der Waals surface area (Å²) in [6.07, 6.45) is 2.57. The molecule has 1 aliphatic heterocycles. The summed E-state index contributed by atoms with van der Waals surface area (Å²) in [7, 11) is 0. The topological polar surface area (TPSA) is 20.3 Å². The number of nitrogens with zero attached hydrogens (tertiary/aromatic N) is 1. The van der Waals surface area contributed by atoms with Gasteiger partial charge in [-0.1, -0.05) is 78.0 Å². The molecular formula is C27H29NOS. The predicted molar refractivity (Wildman–Crippen MR) is 125 cm³/mol. The Morgan fingerprint density at radius 2 is 1.60 bits per heavy atom. The molecule has 154 valence electrons. The van der Waals surface area contributed by atoms with Crippen molar-refractivity contribution in [2.75, 3.05) is 13.1 Å². The van der Waals surface area contributed by atoms with Gasteiger partial charge in [0.1, 0.15) is 0 Å². The molecule has 0 aromatic heterocycles. The highest BCUT2D eigenvalue weighted by Gasteiger charge is 2.25. The van der Waals surface area contributed by atoms with E-state index in [0.29, 0.717) is 12.3 Å². The second-order valence-electron chi connectivity index (χ2n) is 8.23. The molecule has 0 radical (unpaired) electrons. The third-order valence-electron chi connectivity index (χ3n) is 5.96. The fourth-order valence-electron chi connectivity index (χ4n) is 4.27. The van der Waals surface area contributed by atoms with Gasteiger partial charge in [0.2, 0.25) is 5.91 Å². The number of hydrogen-bond acceptors (Lipinski definition) is 2. The zero-order valence-corrected chi connectivity index (χ0v) is 18.6. The lowest BCUT2D eigenvalue weighted by atomic mass is 9.89. The van der Waals surface area contributed by atoms with E-state index in [1.165, 1.54) is 26.5 Å². The number of piperidine rings is 1. The highest BCUT2D eigenvalue weighted by Crippen LogP contribution is 2.39. The summed E-state index contributed by atoms with van der Waals surface area (Å²) >= 11 is 1.87. The fourth-order valence-corrected chi connectivity index (χ4v) is 5.36. The van der Waals surface area contributed by atoms with Crippen LogP contribution in [0.2, 0.25) is 0 Å². The van der Waals surface area contributed by atoms with Crippen molar-refractivity contribution in [1.82, 2.24) is 4.90 Å². The molecule has 0 saturated carbocycles. The van der Waals surface area contributed by atoms with Crippen LogP contribution < -0.4 is 0 Å². The van der Waals surface area contributed by atoms with Crippen LogP contribution in [0.5, 0.6) is 0 Å². The van der Waals surface area contributed by atoms with Gasteiger partial charge in [0.05, 0.1) is 6.42 Å². The first kappa shape index (κ1) is 20.7. The molecule has 2 nitrogen and oxygen atoms in total. The summed E-state index contributed by atoms with van der Waals surface area (Å²) in [6.45, 7) is 6.02. The minimum atomic E-state index is 0.248. The highest BCUT2D eigenvalue weighted by atomic mass is 32.2. The van der Waals surface area contributed by atoms with Crippen LogP contribution in [0.25, 0.3) is 0 Å². The largest absolute Gasteiger partial charge is 0.342 e. The van der Waals surface area contributed by atoms with Gasteiger partial charge >= 0.3 is 0 Å². The summed E-state index contributed by atoms with van der Waals surface area (Å²) in [4.78, 5) is 17.4. The molecule has 0 bridgehead atoms. The average molecular weight is 416 g/mol. The monoisotopic (exact) mass is 415 g/mol. The number of carbonyl (C=O) groups is 1. The molecule has 1 fully saturated rings. The summed E-state index contributed by atoms with van der Waals surface area (Å²) in [5.41, 5.74) is 5.16. The molecule has 0 aliphatic carbocycles. The molecule has 1 amide bonds. The quantitative estimate of drug-likeness (QED) is 0.480. The van der Waals surface area contributed by atoms with E-state index in [1.54, 1.807) is 0 Å². The Hall–Kier alpha value is -2.52. The third-order valence-corrected chi connectivity index (χ3v) is 7.22.